The van der Waals surface area contributed by atoms with E-state index in [2.05, 4.69) is 20.1 Å². The monoisotopic (exact) mass is 292 g/mol. The molecule has 0 aromatic carbocycles. The molecule has 2 aromatic heterocycles. The number of nitrogens with one attached hydrogen (secondary N) is 1. The van der Waals surface area contributed by atoms with E-state index in [0.717, 1.165) is 18.5 Å². The molecule has 2 aromatic rings. The molecule has 1 atom stereocenters. The van der Waals surface area contributed by atoms with Crippen LogP contribution < -0.4 is 5.32 Å². The molecule has 8 nitrogen and oxygen atoms in total. The van der Waals surface area contributed by atoms with Gasteiger partial charge in [0.1, 0.15) is 5.56 Å². The van der Waals surface area contributed by atoms with Crippen molar-refractivity contribution in [1.82, 2.24) is 19.9 Å². The van der Waals surface area contributed by atoms with Crippen LogP contribution in [-0.4, -0.2) is 51.3 Å². The van der Waals surface area contributed by atoms with Crippen LogP contribution in [0.15, 0.2) is 12.3 Å². The molecular formula is C13H16N4O4. The summed E-state index contributed by atoms with van der Waals surface area (Å²) in [5, 5.41) is 16.0. The number of hydrogen-bond acceptors (Lipinski definition) is 6. The molecule has 0 bridgehead atoms. The molecule has 0 aliphatic rings. The average Bonchev–Trinajstić information content (AvgIpc) is 2.87. The number of amides is 1. The van der Waals surface area contributed by atoms with E-state index in [9.17, 15) is 14.7 Å². The summed E-state index contributed by atoms with van der Waals surface area (Å²) < 4.78 is 5.92. The van der Waals surface area contributed by atoms with Crippen LogP contribution in [0.3, 0.4) is 0 Å². The van der Waals surface area contributed by atoms with Gasteiger partial charge in [-0.1, -0.05) is 0 Å². The normalized spacial score (nSPS) is 12.2. The molecule has 8 heteroatoms. The molecule has 0 spiro atoms. The molecular weight excluding hydrogens is 276 g/mol. The lowest BCUT2D eigenvalue weighted by atomic mass is 10.2. The summed E-state index contributed by atoms with van der Waals surface area (Å²) in [6.45, 7) is 3.44. The minimum absolute atomic E-state index is 0.242. The minimum atomic E-state index is -1.41. The van der Waals surface area contributed by atoms with E-state index < -0.39 is 18.0 Å². The maximum Gasteiger partial charge on any atom is 0.336 e. The molecule has 0 radical (unpaired) electrons. The number of aryl methyl sites for hydroxylation is 2. The molecule has 2 N–H and O–H groups in total. The van der Waals surface area contributed by atoms with Crippen molar-refractivity contribution in [3.8, 4) is 0 Å². The van der Waals surface area contributed by atoms with Gasteiger partial charge in [0.05, 0.1) is 19.9 Å². The van der Waals surface area contributed by atoms with Gasteiger partial charge >= 0.3 is 5.97 Å². The van der Waals surface area contributed by atoms with E-state index in [4.69, 9.17) is 0 Å². The third-order valence-electron chi connectivity index (χ3n) is 2.95. The Bertz CT molecular complexity index is 695. The number of aliphatic hydroxyl groups is 1. The summed E-state index contributed by atoms with van der Waals surface area (Å²) >= 11 is 0. The number of aromatic nitrogens is 3. The highest BCUT2D eigenvalue weighted by molar-refractivity contribution is 5.99. The largest absolute Gasteiger partial charge is 0.467 e. The van der Waals surface area contributed by atoms with Crippen molar-refractivity contribution < 1.29 is 19.4 Å². The molecule has 1 unspecified atom stereocenters. The molecule has 2 rings (SSSR count). The Kier molecular flexibility index (Phi) is 4.18. The van der Waals surface area contributed by atoms with Gasteiger partial charge in [0, 0.05) is 11.4 Å². The van der Waals surface area contributed by atoms with E-state index >= 15 is 0 Å². The van der Waals surface area contributed by atoms with Gasteiger partial charge in [-0.2, -0.15) is 5.10 Å². The smallest absolute Gasteiger partial charge is 0.336 e. The second-order valence-corrected chi connectivity index (χ2v) is 4.58. The Labute approximate surface area is 120 Å². The molecule has 0 fully saturated rings. The van der Waals surface area contributed by atoms with Crippen LogP contribution in [0.25, 0.3) is 5.65 Å². The zero-order valence-electron chi connectivity index (χ0n) is 12.0. The van der Waals surface area contributed by atoms with E-state index in [0.29, 0.717) is 5.65 Å². The number of ether oxygens (including phenoxy) is 1. The standard InChI is InChI=1S/C13H16N4O4/c1-7-4-8(2)17-11(16-7)9(5-15-17)12(19)14-6-10(18)13(20)21-3/h4-5,10,18H,6H2,1-3H3,(H,14,19). The van der Waals surface area contributed by atoms with Crippen LogP contribution in [-0.2, 0) is 9.53 Å². The van der Waals surface area contributed by atoms with Gasteiger partial charge in [-0.05, 0) is 19.9 Å². The van der Waals surface area contributed by atoms with Gasteiger partial charge in [0.2, 0.25) is 0 Å². The van der Waals surface area contributed by atoms with Crippen molar-refractivity contribution in [2.24, 2.45) is 0 Å². The highest BCUT2D eigenvalue weighted by Crippen LogP contribution is 2.11. The third-order valence-corrected chi connectivity index (χ3v) is 2.95. The Morgan fingerprint density at radius 3 is 2.86 bits per heavy atom. The number of carbonyl (C=O) groups is 2. The topological polar surface area (TPSA) is 106 Å². The number of fused-ring (bicyclic) bond motifs is 1. The number of hydrogen-bond donors (Lipinski definition) is 2. The molecule has 0 saturated carbocycles. The zero-order chi connectivity index (χ0) is 15.6. The maximum absolute atomic E-state index is 12.1. The van der Waals surface area contributed by atoms with E-state index in [1.807, 2.05) is 19.9 Å². The molecule has 1 amide bonds. The number of aliphatic hydroxyl groups excluding tert-OH is 1. The second-order valence-electron chi connectivity index (χ2n) is 4.58. The number of methoxy groups -OCH3 is 1. The van der Waals surface area contributed by atoms with Gasteiger partial charge in [-0.15, -0.1) is 0 Å². The molecule has 0 aliphatic heterocycles. The van der Waals surface area contributed by atoms with Gasteiger partial charge in [-0.25, -0.2) is 14.3 Å². The van der Waals surface area contributed by atoms with Crippen LogP contribution in [0.2, 0.25) is 0 Å². The van der Waals surface area contributed by atoms with E-state index in [-0.39, 0.29) is 12.1 Å². The quantitative estimate of drug-likeness (QED) is 0.743. The van der Waals surface area contributed by atoms with Crippen LogP contribution in [0, 0.1) is 13.8 Å². The van der Waals surface area contributed by atoms with Gasteiger partial charge in [0.15, 0.2) is 11.8 Å². The lowest BCUT2D eigenvalue weighted by Crippen LogP contribution is -2.37. The van der Waals surface area contributed by atoms with Crippen molar-refractivity contribution in [3.05, 3.63) is 29.2 Å². The highest BCUT2D eigenvalue weighted by atomic mass is 16.5. The number of nitrogens with zero attached hydrogens (tertiary/aromatic N) is 3. The fourth-order valence-electron chi connectivity index (χ4n) is 1.93. The molecule has 21 heavy (non-hydrogen) atoms. The Hall–Kier alpha value is -2.48. The van der Waals surface area contributed by atoms with Crippen LogP contribution >= 0.6 is 0 Å². The van der Waals surface area contributed by atoms with E-state index in [1.165, 1.54) is 6.20 Å². The molecule has 0 aliphatic carbocycles. The van der Waals surface area contributed by atoms with Crippen molar-refractivity contribution in [2.75, 3.05) is 13.7 Å². The lowest BCUT2D eigenvalue weighted by Gasteiger charge is -2.09. The second kappa shape index (κ2) is 5.88. The first-order chi connectivity index (χ1) is 9.93. The molecule has 112 valence electrons. The van der Waals surface area contributed by atoms with Crippen LogP contribution in [0.1, 0.15) is 21.7 Å². The zero-order valence-corrected chi connectivity index (χ0v) is 12.0. The Morgan fingerprint density at radius 2 is 2.19 bits per heavy atom. The summed E-state index contributed by atoms with van der Waals surface area (Å²) in [6.07, 6.45) is -0.00790. The van der Waals surface area contributed by atoms with Crippen molar-refractivity contribution >= 4 is 17.5 Å². The van der Waals surface area contributed by atoms with Gasteiger partial charge in [0.25, 0.3) is 5.91 Å². The van der Waals surface area contributed by atoms with Crippen molar-refractivity contribution in [2.45, 2.75) is 20.0 Å². The first kappa shape index (κ1) is 14.9. The molecule has 2 heterocycles. The lowest BCUT2D eigenvalue weighted by molar-refractivity contribution is -0.149. The summed E-state index contributed by atoms with van der Waals surface area (Å²) in [5.74, 6) is -1.27. The van der Waals surface area contributed by atoms with Gasteiger partial charge in [-0.3, -0.25) is 4.79 Å². The average molecular weight is 292 g/mol. The van der Waals surface area contributed by atoms with Gasteiger partial charge < -0.3 is 15.2 Å². The predicted octanol–water partition coefficient (Wildman–Crippen LogP) is -0.390. The van der Waals surface area contributed by atoms with Crippen LogP contribution in [0.4, 0.5) is 0 Å². The van der Waals surface area contributed by atoms with Crippen molar-refractivity contribution in [1.29, 1.82) is 0 Å². The first-order valence-corrected chi connectivity index (χ1v) is 6.30. The summed E-state index contributed by atoms with van der Waals surface area (Å²) in [6, 6.07) is 1.85. The maximum atomic E-state index is 12.1. The highest BCUT2D eigenvalue weighted by Gasteiger charge is 2.19. The Balaban J connectivity index is 2.19. The third kappa shape index (κ3) is 3.00. The number of esters is 1. The Morgan fingerprint density at radius 1 is 1.48 bits per heavy atom. The first-order valence-electron chi connectivity index (χ1n) is 6.30. The van der Waals surface area contributed by atoms with Crippen molar-refractivity contribution in [3.63, 3.8) is 0 Å². The fraction of sp³-hybridized carbons (Fsp3) is 0.385. The summed E-state index contributed by atoms with van der Waals surface area (Å²) in [7, 11) is 1.16. The predicted molar refractivity (Wildman–Crippen MR) is 72.8 cm³/mol. The summed E-state index contributed by atoms with van der Waals surface area (Å²) in [5.41, 5.74) is 2.33. The minimum Gasteiger partial charge on any atom is -0.467 e. The number of rotatable bonds is 4. The van der Waals surface area contributed by atoms with Crippen LogP contribution in [0.5, 0.6) is 0 Å². The number of carbonyl (C=O) groups excluding carboxylic acids is 2. The van der Waals surface area contributed by atoms with E-state index in [1.54, 1.807) is 4.52 Å². The fourth-order valence-corrected chi connectivity index (χ4v) is 1.93. The summed E-state index contributed by atoms with van der Waals surface area (Å²) in [4.78, 5) is 27.4. The SMILES string of the molecule is COC(=O)C(O)CNC(=O)c1cnn2c(C)cc(C)nc12. The molecule has 0 saturated heterocycles.